The zero-order valence-corrected chi connectivity index (χ0v) is 16.4. The predicted molar refractivity (Wildman–Crippen MR) is 111 cm³/mol. The number of carboxylic acids is 1. The highest BCUT2D eigenvalue weighted by molar-refractivity contribution is 6.33. The van der Waals surface area contributed by atoms with E-state index in [2.05, 4.69) is 5.32 Å². The first-order valence-corrected chi connectivity index (χ1v) is 8.99. The number of aromatic carboxylic acids is 1. The van der Waals surface area contributed by atoms with E-state index in [1.807, 2.05) is 6.07 Å². The number of nitrogens with zero attached hydrogens (tertiary/aromatic N) is 1. The SMILES string of the molecule is COc1ccc(NC(=O)C(C#N)=Cc2ccc(-c3ccc(Cl)c(C(=O)O)c3)o2)cc1. The molecule has 0 aliphatic heterocycles. The van der Waals surface area contributed by atoms with Gasteiger partial charge < -0.3 is 19.6 Å². The van der Waals surface area contributed by atoms with Gasteiger partial charge in [-0.15, -0.1) is 0 Å². The van der Waals surface area contributed by atoms with E-state index in [4.69, 9.17) is 20.8 Å². The number of nitrogens with one attached hydrogen (secondary N) is 1. The molecule has 0 fully saturated rings. The van der Waals surface area contributed by atoms with Crippen LogP contribution in [0.2, 0.25) is 5.02 Å². The van der Waals surface area contributed by atoms with Crippen molar-refractivity contribution in [3.05, 3.63) is 76.5 Å². The van der Waals surface area contributed by atoms with E-state index in [0.717, 1.165) is 0 Å². The number of furan rings is 1. The second kappa shape index (κ2) is 8.99. The Kier molecular flexibility index (Phi) is 6.20. The maximum atomic E-state index is 12.4. The molecule has 0 saturated heterocycles. The van der Waals surface area contributed by atoms with Gasteiger partial charge in [-0.1, -0.05) is 11.6 Å². The Labute approximate surface area is 176 Å². The molecule has 30 heavy (non-hydrogen) atoms. The summed E-state index contributed by atoms with van der Waals surface area (Å²) < 4.78 is 10.7. The fourth-order valence-electron chi connectivity index (χ4n) is 2.59. The molecular formula is C22H15ClN2O5. The summed E-state index contributed by atoms with van der Waals surface area (Å²) in [6.45, 7) is 0. The molecule has 150 valence electrons. The number of anilines is 1. The standard InChI is InChI=1S/C22H15ClN2O5/c1-29-16-5-3-15(4-6-16)25-21(26)14(12-24)10-17-7-9-20(30-17)13-2-8-19(23)18(11-13)22(27)28/h2-11H,1H3,(H,25,26)(H,27,28). The van der Waals surface area contributed by atoms with Crippen LogP contribution in [0.1, 0.15) is 16.1 Å². The monoisotopic (exact) mass is 422 g/mol. The van der Waals surface area contributed by atoms with Crippen LogP contribution in [0.3, 0.4) is 0 Å². The van der Waals surface area contributed by atoms with Crippen molar-refractivity contribution < 1.29 is 23.8 Å². The van der Waals surface area contributed by atoms with E-state index in [0.29, 0.717) is 22.8 Å². The van der Waals surface area contributed by atoms with E-state index in [1.165, 1.54) is 25.3 Å². The highest BCUT2D eigenvalue weighted by Crippen LogP contribution is 2.28. The molecule has 1 amide bonds. The second-order valence-electron chi connectivity index (χ2n) is 6.05. The summed E-state index contributed by atoms with van der Waals surface area (Å²) in [5.41, 5.74) is 0.787. The molecule has 0 unspecified atom stereocenters. The number of benzene rings is 2. The normalized spacial score (nSPS) is 10.9. The predicted octanol–water partition coefficient (Wildman–Crippen LogP) is 4.85. The summed E-state index contributed by atoms with van der Waals surface area (Å²) in [6, 6.07) is 16.1. The number of carboxylic acid groups (broad SMARTS) is 1. The van der Waals surface area contributed by atoms with E-state index in [1.54, 1.807) is 42.5 Å². The number of carbonyl (C=O) groups excluding carboxylic acids is 1. The van der Waals surface area contributed by atoms with Crippen molar-refractivity contribution in [3.8, 4) is 23.1 Å². The van der Waals surface area contributed by atoms with Gasteiger partial charge in [0.25, 0.3) is 5.91 Å². The number of ether oxygens (including phenoxy) is 1. The maximum Gasteiger partial charge on any atom is 0.337 e. The molecule has 0 bridgehead atoms. The minimum atomic E-state index is -1.16. The molecule has 0 aliphatic rings. The maximum absolute atomic E-state index is 12.4. The molecule has 1 aromatic heterocycles. The van der Waals surface area contributed by atoms with Gasteiger partial charge in [0.2, 0.25) is 0 Å². The number of carbonyl (C=O) groups is 2. The van der Waals surface area contributed by atoms with Crippen molar-refractivity contribution in [3.63, 3.8) is 0 Å². The number of amides is 1. The number of methoxy groups -OCH3 is 1. The molecular weight excluding hydrogens is 408 g/mol. The van der Waals surface area contributed by atoms with Crippen LogP contribution in [-0.4, -0.2) is 24.1 Å². The average Bonchev–Trinajstić information content (AvgIpc) is 3.21. The molecule has 0 aliphatic carbocycles. The summed E-state index contributed by atoms with van der Waals surface area (Å²) in [5, 5.41) is 21.3. The Balaban J connectivity index is 1.81. The van der Waals surface area contributed by atoms with Gasteiger partial charge >= 0.3 is 5.97 Å². The largest absolute Gasteiger partial charge is 0.497 e. The van der Waals surface area contributed by atoms with Crippen LogP contribution in [-0.2, 0) is 4.79 Å². The molecule has 7 nitrogen and oxygen atoms in total. The van der Waals surface area contributed by atoms with Crippen LogP contribution in [0.25, 0.3) is 17.4 Å². The van der Waals surface area contributed by atoms with Crippen molar-refractivity contribution in [2.24, 2.45) is 0 Å². The zero-order valence-electron chi connectivity index (χ0n) is 15.7. The molecule has 8 heteroatoms. The Morgan fingerprint density at radius 2 is 1.90 bits per heavy atom. The average molecular weight is 423 g/mol. The van der Waals surface area contributed by atoms with Gasteiger partial charge in [-0.05, 0) is 54.6 Å². The van der Waals surface area contributed by atoms with Gasteiger partial charge in [-0.25, -0.2) is 4.79 Å². The Morgan fingerprint density at radius 1 is 1.17 bits per heavy atom. The third-order valence-electron chi connectivity index (χ3n) is 4.11. The van der Waals surface area contributed by atoms with E-state index in [9.17, 15) is 20.0 Å². The van der Waals surface area contributed by atoms with Crippen molar-refractivity contribution in [2.75, 3.05) is 12.4 Å². The Bertz CT molecular complexity index is 1170. The summed E-state index contributed by atoms with van der Waals surface area (Å²) in [7, 11) is 1.54. The lowest BCUT2D eigenvalue weighted by molar-refractivity contribution is -0.112. The number of hydrogen-bond acceptors (Lipinski definition) is 5. The van der Waals surface area contributed by atoms with Gasteiger partial charge in [0.05, 0.1) is 17.7 Å². The molecule has 0 atom stereocenters. The summed E-state index contributed by atoms with van der Waals surface area (Å²) in [6.07, 6.45) is 1.30. The first-order chi connectivity index (χ1) is 14.4. The zero-order chi connectivity index (χ0) is 21.7. The van der Waals surface area contributed by atoms with Crippen molar-refractivity contribution in [1.29, 1.82) is 5.26 Å². The first-order valence-electron chi connectivity index (χ1n) is 8.61. The van der Waals surface area contributed by atoms with E-state index < -0.39 is 11.9 Å². The summed E-state index contributed by atoms with van der Waals surface area (Å²) in [5.74, 6) is -0.484. The minimum absolute atomic E-state index is 0.0563. The van der Waals surface area contributed by atoms with Gasteiger partial charge in [0.1, 0.15) is 28.9 Å². The van der Waals surface area contributed by atoms with Crippen LogP contribution in [0, 0.1) is 11.3 Å². The van der Waals surface area contributed by atoms with Crippen LogP contribution >= 0.6 is 11.6 Å². The highest BCUT2D eigenvalue weighted by Gasteiger charge is 2.14. The van der Waals surface area contributed by atoms with Crippen LogP contribution in [0.15, 0.2) is 64.6 Å². The van der Waals surface area contributed by atoms with Gasteiger partial charge in [-0.2, -0.15) is 5.26 Å². The number of nitriles is 1. The smallest absolute Gasteiger partial charge is 0.337 e. The second-order valence-corrected chi connectivity index (χ2v) is 6.46. The lowest BCUT2D eigenvalue weighted by Crippen LogP contribution is -2.13. The lowest BCUT2D eigenvalue weighted by atomic mass is 10.1. The molecule has 3 aromatic rings. The molecule has 0 radical (unpaired) electrons. The topological polar surface area (TPSA) is 113 Å². The highest BCUT2D eigenvalue weighted by atomic mass is 35.5. The fourth-order valence-corrected chi connectivity index (χ4v) is 2.79. The van der Waals surface area contributed by atoms with Gasteiger partial charge in [-0.3, -0.25) is 4.79 Å². The third-order valence-corrected chi connectivity index (χ3v) is 4.44. The van der Waals surface area contributed by atoms with E-state index in [-0.39, 0.29) is 21.9 Å². The summed E-state index contributed by atoms with van der Waals surface area (Å²) >= 11 is 5.88. The van der Waals surface area contributed by atoms with Crippen molar-refractivity contribution in [1.82, 2.24) is 0 Å². The summed E-state index contributed by atoms with van der Waals surface area (Å²) in [4.78, 5) is 23.6. The van der Waals surface area contributed by atoms with Gasteiger partial charge in [0.15, 0.2) is 0 Å². The quantitative estimate of drug-likeness (QED) is 0.433. The van der Waals surface area contributed by atoms with Crippen LogP contribution < -0.4 is 10.1 Å². The minimum Gasteiger partial charge on any atom is -0.497 e. The molecule has 0 spiro atoms. The van der Waals surface area contributed by atoms with E-state index >= 15 is 0 Å². The first kappa shape index (κ1) is 20.7. The van der Waals surface area contributed by atoms with Crippen LogP contribution in [0.5, 0.6) is 5.75 Å². The number of rotatable bonds is 6. The molecule has 3 rings (SSSR count). The Morgan fingerprint density at radius 3 is 2.53 bits per heavy atom. The number of hydrogen-bond donors (Lipinski definition) is 2. The third kappa shape index (κ3) is 4.69. The van der Waals surface area contributed by atoms with Crippen molar-refractivity contribution in [2.45, 2.75) is 0 Å². The lowest BCUT2D eigenvalue weighted by Gasteiger charge is -2.05. The Hall–Kier alpha value is -4.02. The molecule has 2 N–H and O–H groups in total. The fraction of sp³-hybridized carbons (Fsp3) is 0.0455. The molecule has 0 saturated carbocycles. The van der Waals surface area contributed by atoms with Crippen molar-refractivity contribution >= 4 is 35.2 Å². The van der Waals surface area contributed by atoms with Gasteiger partial charge in [0, 0.05) is 17.3 Å². The molecule has 2 aromatic carbocycles. The number of halogens is 1. The van der Waals surface area contributed by atoms with Crippen LogP contribution in [0.4, 0.5) is 5.69 Å². The molecule has 1 heterocycles.